The van der Waals surface area contributed by atoms with E-state index in [4.69, 9.17) is 9.26 Å². The monoisotopic (exact) mass is 325 g/mol. The molecule has 0 spiro atoms. The normalized spacial score (nSPS) is 25.3. The number of hydrogen-bond acceptors (Lipinski definition) is 6. The van der Waals surface area contributed by atoms with Gasteiger partial charge >= 0.3 is 0 Å². The molecule has 2 aliphatic rings. The minimum atomic E-state index is -2.04. The van der Waals surface area contributed by atoms with Gasteiger partial charge in [-0.3, -0.25) is 9.59 Å². The van der Waals surface area contributed by atoms with E-state index in [9.17, 15) is 14.7 Å². The standard InChI is InChI=1S/C18H15NO5/c20-14-8-4-7-12-9-13-15(16(21)18(12,14)22)17(19-24-13)23-10-11-5-2-1-3-6-11/h1-6,8,12,22H,7,9-10H2/t12?,18-/m0/s1. The number of fused-ring (bicyclic) bond motifs is 2. The molecule has 1 heterocycles. The fourth-order valence-electron chi connectivity index (χ4n) is 3.28. The second-order valence-corrected chi connectivity index (χ2v) is 6.06. The summed E-state index contributed by atoms with van der Waals surface area (Å²) in [6.45, 7) is 0.211. The largest absolute Gasteiger partial charge is 0.470 e. The highest BCUT2D eigenvalue weighted by Gasteiger charge is 2.56. The number of hydrogen-bond donors (Lipinski definition) is 1. The van der Waals surface area contributed by atoms with Crippen molar-refractivity contribution < 1.29 is 24.0 Å². The zero-order valence-electron chi connectivity index (χ0n) is 12.8. The highest BCUT2D eigenvalue weighted by molar-refractivity contribution is 6.22. The third-order valence-electron chi connectivity index (χ3n) is 4.61. The second-order valence-electron chi connectivity index (χ2n) is 6.06. The van der Waals surface area contributed by atoms with E-state index < -0.39 is 23.1 Å². The predicted molar refractivity (Wildman–Crippen MR) is 82.5 cm³/mol. The summed E-state index contributed by atoms with van der Waals surface area (Å²) < 4.78 is 10.8. The van der Waals surface area contributed by atoms with E-state index in [1.165, 1.54) is 6.08 Å². The van der Waals surface area contributed by atoms with Gasteiger partial charge < -0.3 is 14.4 Å². The lowest BCUT2D eigenvalue weighted by Crippen LogP contribution is -2.56. The van der Waals surface area contributed by atoms with Crippen molar-refractivity contribution in [3.8, 4) is 5.88 Å². The zero-order chi connectivity index (χ0) is 16.7. The summed E-state index contributed by atoms with van der Waals surface area (Å²) in [7, 11) is 0. The molecule has 0 radical (unpaired) electrons. The Morgan fingerprint density at radius 2 is 2.08 bits per heavy atom. The number of ether oxygens (including phenoxy) is 1. The molecule has 1 unspecified atom stereocenters. The van der Waals surface area contributed by atoms with E-state index in [0.29, 0.717) is 12.2 Å². The van der Waals surface area contributed by atoms with Crippen LogP contribution in [0.2, 0.25) is 0 Å². The maximum absolute atomic E-state index is 12.8. The highest BCUT2D eigenvalue weighted by Crippen LogP contribution is 2.41. The predicted octanol–water partition coefficient (Wildman–Crippen LogP) is 1.87. The maximum atomic E-state index is 12.8. The molecule has 0 amide bonds. The van der Waals surface area contributed by atoms with Crippen LogP contribution in [0, 0.1) is 5.92 Å². The smallest absolute Gasteiger partial charge is 0.265 e. The van der Waals surface area contributed by atoms with E-state index in [1.54, 1.807) is 6.08 Å². The van der Waals surface area contributed by atoms with Crippen molar-refractivity contribution in [2.24, 2.45) is 5.92 Å². The van der Waals surface area contributed by atoms with Crippen LogP contribution in [0.3, 0.4) is 0 Å². The lowest BCUT2D eigenvalue weighted by atomic mass is 9.68. The van der Waals surface area contributed by atoms with Gasteiger partial charge in [-0.15, -0.1) is 0 Å². The van der Waals surface area contributed by atoms with E-state index in [2.05, 4.69) is 5.16 Å². The van der Waals surface area contributed by atoms with Crippen molar-refractivity contribution in [3.05, 3.63) is 59.4 Å². The molecule has 0 fully saturated rings. The average Bonchev–Trinajstić information content (AvgIpc) is 3.00. The number of ketones is 2. The van der Waals surface area contributed by atoms with Crippen LogP contribution < -0.4 is 4.74 Å². The maximum Gasteiger partial charge on any atom is 0.265 e. The van der Waals surface area contributed by atoms with Crippen LogP contribution in [0.1, 0.15) is 28.1 Å². The van der Waals surface area contributed by atoms with Gasteiger partial charge in [-0.25, -0.2) is 0 Å². The van der Waals surface area contributed by atoms with Gasteiger partial charge in [0.05, 0.1) is 0 Å². The van der Waals surface area contributed by atoms with Crippen molar-refractivity contribution >= 4 is 11.6 Å². The number of carbonyl (C=O) groups excluding carboxylic acids is 2. The van der Waals surface area contributed by atoms with Gasteiger partial charge in [-0.1, -0.05) is 36.4 Å². The first-order valence-corrected chi connectivity index (χ1v) is 7.74. The molecule has 0 saturated carbocycles. The van der Waals surface area contributed by atoms with Gasteiger partial charge in [-0.2, -0.15) is 0 Å². The molecule has 4 rings (SSSR count). The molecule has 122 valence electrons. The number of Topliss-reactive ketones (excluding diaryl/α,β-unsaturated/α-hetero) is 1. The molecule has 0 aliphatic heterocycles. The Kier molecular flexibility index (Phi) is 3.35. The van der Waals surface area contributed by atoms with Gasteiger partial charge in [0.25, 0.3) is 5.88 Å². The van der Waals surface area contributed by atoms with Gasteiger partial charge in [-0.05, 0) is 23.2 Å². The van der Waals surface area contributed by atoms with Crippen LogP contribution >= 0.6 is 0 Å². The summed E-state index contributed by atoms with van der Waals surface area (Å²) in [4.78, 5) is 24.9. The third kappa shape index (κ3) is 2.11. The van der Waals surface area contributed by atoms with E-state index in [1.807, 2.05) is 30.3 Å². The minimum absolute atomic E-state index is 0.0214. The van der Waals surface area contributed by atoms with E-state index >= 15 is 0 Å². The van der Waals surface area contributed by atoms with E-state index in [0.717, 1.165) is 5.56 Å². The number of rotatable bonds is 3. The van der Waals surface area contributed by atoms with Crippen LogP contribution in [0.4, 0.5) is 0 Å². The Bertz CT molecular complexity index is 838. The van der Waals surface area contributed by atoms with Crippen LogP contribution in [-0.4, -0.2) is 27.4 Å². The molecule has 0 bridgehead atoms. The first-order chi connectivity index (χ1) is 11.6. The molecule has 6 nitrogen and oxygen atoms in total. The molecule has 2 aromatic rings. The molecule has 1 aromatic carbocycles. The second kappa shape index (κ2) is 5.42. The first-order valence-electron chi connectivity index (χ1n) is 7.74. The molecule has 0 saturated heterocycles. The van der Waals surface area contributed by atoms with Gasteiger partial charge in [0.1, 0.15) is 12.2 Å². The quantitative estimate of drug-likeness (QED) is 0.867. The molecule has 1 N–H and O–H groups in total. The summed E-state index contributed by atoms with van der Waals surface area (Å²) >= 11 is 0. The summed E-state index contributed by atoms with van der Waals surface area (Å²) in [5, 5.41) is 14.5. The van der Waals surface area contributed by atoms with E-state index in [-0.39, 0.29) is 24.5 Å². The molecule has 1 aromatic heterocycles. The van der Waals surface area contributed by atoms with Crippen LogP contribution in [0.25, 0.3) is 0 Å². The molecule has 2 aliphatic carbocycles. The lowest BCUT2D eigenvalue weighted by Gasteiger charge is -2.36. The minimum Gasteiger partial charge on any atom is -0.470 e. The van der Waals surface area contributed by atoms with Crippen LogP contribution in [0.15, 0.2) is 47.0 Å². The lowest BCUT2D eigenvalue weighted by molar-refractivity contribution is -0.133. The van der Waals surface area contributed by atoms with Gasteiger partial charge in [0.15, 0.2) is 17.1 Å². The van der Waals surface area contributed by atoms with Crippen molar-refractivity contribution in [2.45, 2.75) is 25.0 Å². The fraction of sp³-hybridized carbons (Fsp3) is 0.278. The number of carbonyl (C=O) groups is 2. The number of allylic oxidation sites excluding steroid dienone is 1. The SMILES string of the molecule is O=C1C=CCC2Cc3onc(OCc4ccccc4)c3C(=O)[C@@]12O. The molecular formula is C18H15NO5. The molecular weight excluding hydrogens is 310 g/mol. The van der Waals surface area contributed by atoms with Crippen molar-refractivity contribution in [1.29, 1.82) is 0 Å². The number of aromatic nitrogens is 1. The number of aliphatic hydroxyl groups is 1. The Morgan fingerprint density at radius 1 is 1.29 bits per heavy atom. The summed E-state index contributed by atoms with van der Waals surface area (Å²) in [5.41, 5.74) is -1.06. The van der Waals surface area contributed by atoms with Gasteiger partial charge in [0.2, 0.25) is 5.78 Å². The highest BCUT2D eigenvalue weighted by atomic mass is 16.5. The third-order valence-corrected chi connectivity index (χ3v) is 4.61. The van der Waals surface area contributed by atoms with Gasteiger partial charge in [0, 0.05) is 12.3 Å². The average molecular weight is 325 g/mol. The van der Waals surface area contributed by atoms with Crippen LogP contribution in [0.5, 0.6) is 5.88 Å². The molecule has 24 heavy (non-hydrogen) atoms. The molecule has 2 atom stereocenters. The number of benzene rings is 1. The Morgan fingerprint density at radius 3 is 2.88 bits per heavy atom. The number of nitrogens with zero attached hydrogens (tertiary/aromatic N) is 1. The Balaban J connectivity index is 1.65. The zero-order valence-corrected chi connectivity index (χ0v) is 12.8. The van der Waals surface area contributed by atoms with Crippen LogP contribution in [-0.2, 0) is 17.8 Å². The molecule has 6 heteroatoms. The van der Waals surface area contributed by atoms with Crippen molar-refractivity contribution in [1.82, 2.24) is 5.16 Å². The summed E-state index contributed by atoms with van der Waals surface area (Å²) in [6, 6.07) is 9.41. The van der Waals surface area contributed by atoms with Crippen molar-refractivity contribution in [3.63, 3.8) is 0 Å². The topological polar surface area (TPSA) is 89.6 Å². The summed E-state index contributed by atoms with van der Waals surface area (Å²) in [5.74, 6) is -1.42. The summed E-state index contributed by atoms with van der Waals surface area (Å²) in [6.07, 6.45) is 3.64. The Labute approximate surface area is 137 Å². The first kappa shape index (κ1) is 14.8. The van der Waals surface area contributed by atoms with Crippen molar-refractivity contribution in [2.75, 3.05) is 0 Å². The fourth-order valence-corrected chi connectivity index (χ4v) is 3.28. The Hall–Kier alpha value is -2.73.